The lowest BCUT2D eigenvalue weighted by atomic mass is 10.1. The Morgan fingerprint density at radius 3 is 2.61 bits per heavy atom. The molecule has 10 nitrogen and oxygen atoms in total. The summed E-state index contributed by atoms with van der Waals surface area (Å²) in [5.74, 6) is 1.37. The molecule has 1 saturated heterocycles. The summed E-state index contributed by atoms with van der Waals surface area (Å²) < 4.78 is 8.95. The van der Waals surface area contributed by atoms with Crippen LogP contribution in [0.4, 0.5) is 17.1 Å². The number of aromatic nitrogens is 2. The van der Waals surface area contributed by atoms with Gasteiger partial charge in [0.1, 0.15) is 23.8 Å². The second kappa shape index (κ2) is 14.6. The van der Waals surface area contributed by atoms with E-state index in [1.165, 1.54) is 23.2 Å². The summed E-state index contributed by atoms with van der Waals surface area (Å²) in [5, 5.41) is 6.92. The van der Waals surface area contributed by atoms with Gasteiger partial charge in [0.25, 0.3) is 0 Å². The van der Waals surface area contributed by atoms with Gasteiger partial charge in [-0.25, -0.2) is 4.99 Å². The third-order valence-corrected chi connectivity index (χ3v) is 7.73. The molecule has 0 spiro atoms. The minimum absolute atomic E-state index is 0.292. The summed E-state index contributed by atoms with van der Waals surface area (Å²) in [7, 11) is 5.74. The van der Waals surface area contributed by atoms with Gasteiger partial charge in [-0.05, 0) is 62.9 Å². The van der Waals surface area contributed by atoms with E-state index in [4.69, 9.17) is 9.73 Å². The molecule has 2 heterocycles. The van der Waals surface area contributed by atoms with Crippen LogP contribution in [0.15, 0.2) is 76.0 Å². The quantitative estimate of drug-likeness (QED) is 0.122. The number of hydrogen-bond acceptors (Lipinski definition) is 10. The van der Waals surface area contributed by atoms with Gasteiger partial charge >= 0.3 is 0 Å². The molecule has 1 fully saturated rings. The molecule has 1 aliphatic rings. The fourth-order valence-electron chi connectivity index (χ4n) is 4.70. The van der Waals surface area contributed by atoms with Gasteiger partial charge in [0.05, 0.1) is 28.9 Å². The van der Waals surface area contributed by atoms with Gasteiger partial charge in [-0.2, -0.15) is 0 Å². The molecule has 0 amide bonds. The Bertz CT molecular complexity index is 1430. The molecule has 11 heteroatoms. The van der Waals surface area contributed by atoms with Crippen molar-refractivity contribution in [3.8, 4) is 5.75 Å². The third-order valence-electron chi connectivity index (χ3n) is 6.91. The number of ether oxygens (including phenoxy) is 1. The Morgan fingerprint density at radius 2 is 1.93 bits per heavy atom. The molecule has 2 aromatic carbocycles. The van der Waals surface area contributed by atoms with E-state index in [0.717, 1.165) is 65.7 Å². The Labute approximate surface area is 246 Å². The molecule has 0 radical (unpaired) electrons. The number of amidine groups is 1. The average Bonchev–Trinajstić information content (AvgIpc) is 3.00. The normalized spacial score (nSPS) is 14.7. The Balaban J connectivity index is 1.63. The summed E-state index contributed by atoms with van der Waals surface area (Å²) in [6, 6.07) is 8.22. The maximum absolute atomic E-state index is 5.80. The van der Waals surface area contributed by atoms with Crippen LogP contribution in [0.5, 0.6) is 5.75 Å². The number of benzene rings is 2. The molecule has 3 N–H and O–H groups in total. The molecule has 216 valence electrons. The largest absolute Gasteiger partial charge is 0.495 e. The van der Waals surface area contributed by atoms with Crippen molar-refractivity contribution >= 4 is 52.6 Å². The summed E-state index contributed by atoms with van der Waals surface area (Å²) in [6.45, 7) is 14.2. The molecule has 0 atom stereocenters. The summed E-state index contributed by atoms with van der Waals surface area (Å²) >= 11 is 1.46. The number of aryl methyl sites for hydroxylation is 1. The lowest BCUT2D eigenvalue weighted by Crippen LogP contribution is -2.44. The Morgan fingerprint density at radius 1 is 1.15 bits per heavy atom. The average molecular weight is 574 g/mol. The summed E-state index contributed by atoms with van der Waals surface area (Å²) in [5.41, 5.74) is 6.53. The van der Waals surface area contributed by atoms with Gasteiger partial charge < -0.3 is 25.2 Å². The molecule has 0 aliphatic carbocycles. The van der Waals surface area contributed by atoms with Gasteiger partial charge in [0.2, 0.25) is 0 Å². The number of hydrogen-bond donors (Lipinski definition) is 3. The van der Waals surface area contributed by atoms with E-state index < -0.39 is 0 Å². The highest BCUT2D eigenvalue weighted by Crippen LogP contribution is 2.35. The van der Waals surface area contributed by atoms with Crippen molar-refractivity contribution in [1.82, 2.24) is 19.6 Å². The van der Waals surface area contributed by atoms with Crippen LogP contribution in [0, 0.1) is 0 Å². The fraction of sp³-hybridized carbons (Fsp3) is 0.333. The van der Waals surface area contributed by atoms with E-state index in [9.17, 15) is 0 Å². The van der Waals surface area contributed by atoms with Gasteiger partial charge in [-0.3, -0.25) is 19.7 Å². The molecule has 1 aromatic heterocycles. The molecule has 3 aromatic rings. The van der Waals surface area contributed by atoms with E-state index in [2.05, 4.69) is 79.5 Å². The fourth-order valence-corrected chi connectivity index (χ4v) is 5.39. The number of fused-ring (bicyclic) bond motifs is 1. The van der Waals surface area contributed by atoms with Crippen LogP contribution in [0.1, 0.15) is 12.5 Å². The Kier molecular flexibility index (Phi) is 10.7. The number of likely N-dealkylation sites (N-methyl/N-ethyl adjacent to an activating group) is 1. The first kappa shape index (κ1) is 30.0. The maximum Gasteiger partial charge on any atom is 0.144 e. The van der Waals surface area contributed by atoms with Crippen molar-refractivity contribution in [1.29, 1.82) is 0 Å². The standard InChI is InChI=1S/C30H39N9OS/c1-7-21-17-25(27(40-6)18-26(21)39-15-13-38(5)14-16-39)35-20-36-30(22(8-2)19-31-3)37-24-10-9-23-28(29(24)41-32-4)34-12-11-33-23/h8-12,17-19,32,35H,2-3,7,13-16,20H2,1,4-6H3,(H,36,37)/b22-19-. The number of aliphatic imine (C=N–C) groups is 2. The van der Waals surface area contributed by atoms with Crippen LogP contribution in [0.3, 0.4) is 0 Å². The molecule has 1 aliphatic heterocycles. The van der Waals surface area contributed by atoms with E-state index in [1.54, 1.807) is 31.8 Å². The molecular weight excluding hydrogens is 534 g/mol. The van der Waals surface area contributed by atoms with Crippen molar-refractivity contribution in [2.75, 3.05) is 69.6 Å². The number of anilines is 3. The van der Waals surface area contributed by atoms with E-state index in [1.807, 2.05) is 19.2 Å². The monoisotopic (exact) mass is 573 g/mol. The highest BCUT2D eigenvalue weighted by atomic mass is 32.2. The number of nitrogens with one attached hydrogen (secondary N) is 3. The minimum atomic E-state index is 0.292. The zero-order valence-electron chi connectivity index (χ0n) is 24.3. The molecule has 41 heavy (non-hydrogen) atoms. The van der Waals surface area contributed by atoms with Crippen LogP contribution in [0.2, 0.25) is 0 Å². The number of piperazine rings is 1. The first-order chi connectivity index (χ1) is 20.0. The van der Waals surface area contributed by atoms with Crippen molar-refractivity contribution in [3.63, 3.8) is 0 Å². The highest BCUT2D eigenvalue weighted by Gasteiger charge is 2.19. The van der Waals surface area contributed by atoms with Crippen LogP contribution in [-0.4, -0.2) is 81.5 Å². The predicted molar refractivity (Wildman–Crippen MR) is 174 cm³/mol. The minimum Gasteiger partial charge on any atom is -0.495 e. The van der Waals surface area contributed by atoms with E-state index >= 15 is 0 Å². The van der Waals surface area contributed by atoms with Gasteiger partial charge in [-0.15, -0.1) is 0 Å². The third kappa shape index (κ3) is 7.24. The predicted octanol–water partition coefficient (Wildman–Crippen LogP) is 4.83. The number of rotatable bonds is 12. The van der Waals surface area contributed by atoms with Crippen molar-refractivity contribution in [3.05, 3.63) is 66.7 Å². The lowest BCUT2D eigenvalue weighted by molar-refractivity contribution is 0.312. The molecule has 0 unspecified atom stereocenters. The number of methoxy groups -OCH3 is 1. The SMILES string of the molecule is C=C/C(=C/N=C)C(=NCNc1cc(CC)c(N2CCN(C)CC2)cc1OC)Nc1ccc2nccnc2c1SNC. The van der Waals surface area contributed by atoms with Crippen molar-refractivity contribution in [2.45, 2.75) is 18.2 Å². The number of nitrogens with zero attached hydrogens (tertiary/aromatic N) is 6. The molecular formula is C30H39N9OS. The van der Waals surface area contributed by atoms with Crippen molar-refractivity contribution in [2.24, 2.45) is 9.98 Å². The van der Waals surface area contributed by atoms with E-state index in [0.29, 0.717) is 18.1 Å². The summed E-state index contributed by atoms with van der Waals surface area (Å²) in [6.07, 6.45) is 7.63. The van der Waals surface area contributed by atoms with E-state index in [-0.39, 0.29) is 0 Å². The second-order valence-electron chi connectivity index (χ2n) is 9.44. The zero-order chi connectivity index (χ0) is 29.2. The van der Waals surface area contributed by atoms with Crippen LogP contribution in [0.25, 0.3) is 11.0 Å². The van der Waals surface area contributed by atoms with Crippen molar-refractivity contribution < 1.29 is 4.74 Å². The Hall–Kier alpha value is -3.93. The van der Waals surface area contributed by atoms with Gasteiger partial charge in [0, 0.05) is 62.1 Å². The maximum atomic E-state index is 5.80. The first-order valence-electron chi connectivity index (χ1n) is 13.6. The zero-order valence-corrected chi connectivity index (χ0v) is 25.1. The van der Waals surface area contributed by atoms with Gasteiger partial charge in [-0.1, -0.05) is 19.6 Å². The van der Waals surface area contributed by atoms with Crippen LogP contribution in [-0.2, 0) is 6.42 Å². The topological polar surface area (TPSA) is 102 Å². The molecule has 0 saturated carbocycles. The smallest absolute Gasteiger partial charge is 0.144 e. The molecule has 4 rings (SSSR count). The van der Waals surface area contributed by atoms with Crippen LogP contribution < -0.4 is 25.0 Å². The van der Waals surface area contributed by atoms with Crippen LogP contribution >= 0.6 is 11.9 Å². The lowest BCUT2D eigenvalue weighted by Gasteiger charge is -2.35. The highest BCUT2D eigenvalue weighted by molar-refractivity contribution is 7.97. The molecule has 0 bridgehead atoms. The second-order valence-corrected chi connectivity index (χ2v) is 10.5. The first-order valence-corrected chi connectivity index (χ1v) is 14.4. The summed E-state index contributed by atoms with van der Waals surface area (Å²) in [4.78, 5) is 23.5. The van der Waals surface area contributed by atoms with Gasteiger partial charge in [0.15, 0.2) is 0 Å².